The first kappa shape index (κ1) is 32.8. The van der Waals surface area contributed by atoms with Gasteiger partial charge in [-0.3, -0.25) is 9.59 Å². The summed E-state index contributed by atoms with van der Waals surface area (Å²) in [5.41, 5.74) is -2.99. The molecule has 0 aliphatic carbocycles. The highest BCUT2D eigenvalue weighted by Gasteiger charge is 2.37. The van der Waals surface area contributed by atoms with Crippen molar-refractivity contribution in [3.63, 3.8) is 0 Å². The topological polar surface area (TPSA) is 110 Å². The molecule has 0 saturated carbocycles. The second-order valence-corrected chi connectivity index (χ2v) is 11.9. The van der Waals surface area contributed by atoms with Crippen molar-refractivity contribution >= 4 is 33.9 Å². The van der Waals surface area contributed by atoms with Crippen LogP contribution in [0.3, 0.4) is 0 Å². The van der Waals surface area contributed by atoms with E-state index >= 15 is 8.78 Å². The van der Waals surface area contributed by atoms with Crippen LogP contribution in [0.5, 0.6) is 5.75 Å². The molecule has 48 heavy (non-hydrogen) atoms. The van der Waals surface area contributed by atoms with E-state index in [4.69, 9.17) is 4.74 Å². The van der Waals surface area contributed by atoms with Crippen LogP contribution in [0.25, 0.3) is 27.7 Å². The van der Waals surface area contributed by atoms with E-state index in [9.17, 15) is 27.9 Å². The number of fused-ring (bicyclic) bond motifs is 2. The van der Waals surface area contributed by atoms with E-state index in [0.29, 0.717) is 25.6 Å². The number of hydrogen-bond acceptors (Lipinski definition) is 6. The molecule has 1 aliphatic heterocycles. The van der Waals surface area contributed by atoms with Gasteiger partial charge in [0.1, 0.15) is 28.7 Å². The van der Waals surface area contributed by atoms with E-state index < -0.39 is 57.6 Å². The molecule has 3 N–H and O–H groups in total. The maximum absolute atomic E-state index is 15.1. The molecule has 0 radical (unpaired) electrons. The maximum atomic E-state index is 15.1. The average Bonchev–Trinajstić information content (AvgIpc) is 3.74. The number of aromatic hydroxyl groups is 1. The number of nitrogens with zero attached hydrogens (tertiary/aromatic N) is 3. The van der Waals surface area contributed by atoms with Crippen LogP contribution >= 0.6 is 0 Å². The highest BCUT2D eigenvalue weighted by atomic mass is 19.4. The van der Waals surface area contributed by atoms with Crippen molar-refractivity contribution in [3.05, 3.63) is 95.1 Å². The Bertz CT molecular complexity index is 2100. The summed E-state index contributed by atoms with van der Waals surface area (Å²) >= 11 is 0. The number of amides is 1. The summed E-state index contributed by atoms with van der Waals surface area (Å²) in [6, 6.07) is 7.87. The van der Waals surface area contributed by atoms with Gasteiger partial charge in [0.25, 0.3) is 0 Å². The van der Waals surface area contributed by atoms with E-state index in [1.165, 1.54) is 52.6 Å². The van der Waals surface area contributed by atoms with Crippen LogP contribution in [0, 0.1) is 18.6 Å². The Morgan fingerprint density at radius 1 is 1.12 bits per heavy atom. The van der Waals surface area contributed by atoms with E-state index in [1.54, 1.807) is 6.92 Å². The Labute approximate surface area is 270 Å². The number of pyridine rings is 1. The molecule has 14 heteroatoms. The number of halogens is 5. The number of phenols is 1. The number of benzene rings is 2. The van der Waals surface area contributed by atoms with Crippen molar-refractivity contribution in [2.45, 2.75) is 32.0 Å². The van der Waals surface area contributed by atoms with Gasteiger partial charge in [-0.15, -0.1) is 0 Å². The number of aryl methyl sites for hydroxylation is 2. The molecule has 0 bridgehead atoms. The van der Waals surface area contributed by atoms with Crippen molar-refractivity contribution in [2.24, 2.45) is 7.05 Å². The number of ketones is 1. The van der Waals surface area contributed by atoms with Crippen molar-refractivity contribution in [2.75, 3.05) is 25.1 Å². The minimum absolute atomic E-state index is 0.0262. The molecule has 1 amide bonds. The summed E-state index contributed by atoms with van der Waals surface area (Å²) < 4.78 is 81.3. The third-order valence-electron chi connectivity index (χ3n) is 8.56. The van der Waals surface area contributed by atoms with Crippen LogP contribution in [0.1, 0.15) is 40.8 Å². The van der Waals surface area contributed by atoms with Crippen molar-refractivity contribution in [3.8, 4) is 16.9 Å². The summed E-state index contributed by atoms with van der Waals surface area (Å²) in [4.78, 5) is 30.1. The largest absolute Gasteiger partial charge is 0.505 e. The van der Waals surface area contributed by atoms with Crippen LogP contribution in [-0.4, -0.2) is 56.0 Å². The van der Waals surface area contributed by atoms with Gasteiger partial charge in [0, 0.05) is 54.7 Å². The molecule has 1 atom stereocenters. The molecule has 2 aromatic carbocycles. The molecule has 1 aliphatic rings. The van der Waals surface area contributed by atoms with Crippen LogP contribution < -0.4 is 10.6 Å². The minimum Gasteiger partial charge on any atom is -0.505 e. The highest BCUT2D eigenvalue weighted by molar-refractivity contribution is 6.10. The van der Waals surface area contributed by atoms with E-state index in [-0.39, 0.29) is 33.3 Å². The van der Waals surface area contributed by atoms with Gasteiger partial charge in [0.2, 0.25) is 11.7 Å². The number of nitrogens with one attached hydrogen (secondary N) is 2. The summed E-state index contributed by atoms with van der Waals surface area (Å²) in [5.74, 6) is -4.32. The van der Waals surface area contributed by atoms with Crippen molar-refractivity contribution in [1.82, 2.24) is 19.3 Å². The Morgan fingerprint density at radius 3 is 2.52 bits per heavy atom. The van der Waals surface area contributed by atoms with Crippen LogP contribution in [0.4, 0.5) is 27.6 Å². The number of carbonyl (C=O) groups is 2. The number of aromatic nitrogens is 3. The molecular weight excluding hydrogens is 637 g/mol. The van der Waals surface area contributed by atoms with Gasteiger partial charge in [-0.2, -0.15) is 13.2 Å². The lowest BCUT2D eigenvalue weighted by Crippen LogP contribution is -2.42. The molecule has 9 nitrogen and oxygen atoms in total. The zero-order chi connectivity index (χ0) is 34.5. The number of anilines is 1. The monoisotopic (exact) mass is 667 g/mol. The molecule has 250 valence electrons. The fraction of sp³-hybridized carbons (Fsp3) is 0.265. The van der Waals surface area contributed by atoms with E-state index in [1.807, 2.05) is 6.92 Å². The fourth-order valence-corrected chi connectivity index (χ4v) is 5.87. The molecule has 1 fully saturated rings. The molecule has 1 saturated heterocycles. The predicted octanol–water partition coefficient (Wildman–Crippen LogP) is 6.30. The second-order valence-electron chi connectivity index (χ2n) is 11.9. The lowest BCUT2D eigenvalue weighted by Gasteiger charge is -2.22. The van der Waals surface area contributed by atoms with Gasteiger partial charge >= 0.3 is 6.18 Å². The first-order valence-electron chi connectivity index (χ1n) is 14.9. The normalized spacial score (nSPS) is 16.8. The zero-order valence-corrected chi connectivity index (χ0v) is 26.0. The quantitative estimate of drug-likeness (QED) is 0.102. The first-order chi connectivity index (χ1) is 22.7. The lowest BCUT2D eigenvalue weighted by molar-refractivity contribution is -0.137. The number of imidazole rings is 1. The number of alkyl halides is 3. The van der Waals surface area contributed by atoms with Crippen LogP contribution in [0.2, 0.25) is 0 Å². The average molecular weight is 668 g/mol. The fourth-order valence-electron chi connectivity index (χ4n) is 5.87. The molecular formula is C34H30F5N5O4. The maximum Gasteiger partial charge on any atom is 0.417 e. The Balaban J connectivity index is 1.29. The molecule has 1 unspecified atom stereocenters. The molecule has 6 rings (SSSR count). The molecule has 3 aromatic heterocycles. The third-order valence-corrected chi connectivity index (χ3v) is 8.56. The van der Waals surface area contributed by atoms with E-state index in [0.717, 1.165) is 30.7 Å². The highest BCUT2D eigenvalue weighted by Crippen LogP contribution is 2.46. The summed E-state index contributed by atoms with van der Waals surface area (Å²) in [6.07, 6.45) is -0.0182. The third kappa shape index (κ3) is 5.92. The lowest BCUT2D eigenvalue weighted by atomic mass is 9.96. The molecule has 4 heterocycles. The number of carbonyl (C=O) groups excluding carboxylic acids is 2. The summed E-state index contributed by atoms with van der Waals surface area (Å²) in [5, 5.41) is 16.5. The second kappa shape index (κ2) is 12.2. The SMILES string of the molecule is Cc1nc2c(O)c(-c3cccn4c(C(=O)c5cc(F)c(NC(=O)/C=C/CNC6(C)CCOC6)c(F)c5)ccc34)c(C(F)(F)F)cc2n1C. The standard InChI is InChI=1S/C34H30F5N5O4/c1-18-41-30-26(43(18)3)16-21(34(37,38)39)28(32(30)47)20-6-5-12-44-24(20)8-9-25(44)31(46)19-14-22(35)29(23(36)15-19)42-27(45)7-4-11-40-33(2)10-13-48-17-33/h4-9,12,14-16,40,47H,10-11,13,17H2,1-3H3,(H,42,45)/b7-4+. The van der Waals surface area contributed by atoms with Crippen LogP contribution in [0.15, 0.2) is 60.8 Å². The Hall–Kier alpha value is -5.08. The predicted molar refractivity (Wildman–Crippen MR) is 168 cm³/mol. The summed E-state index contributed by atoms with van der Waals surface area (Å²) in [7, 11) is 1.53. The molecule has 5 aromatic rings. The number of rotatable bonds is 8. The number of hydrogen-bond donors (Lipinski definition) is 3. The Morgan fingerprint density at radius 2 is 1.85 bits per heavy atom. The van der Waals surface area contributed by atoms with Gasteiger partial charge in [0.15, 0.2) is 5.75 Å². The van der Waals surface area contributed by atoms with Crippen molar-refractivity contribution < 1.29 is 41.4 Å². The number of ether oxygens (including phenoxy) is 1. The van der Waals surface area contributed by atoms with Crippen LogP contribution in [-0.2, 0) is 22.8 Å². The van der Waals surface area contributed by atoms with Gasteiger partial charge in [0.05, 0.1) is 28.9 Å². The van der Waals surface area contributed by atoms with Gasteiger partial charge < -0.3 is 29.4 Å². The van der Waals surface area contributed by atoms with Gasteiger partial charge in [-0.1, -0.05) is 12.1 Å². The van der Waals surface area contributed by atoms with Gasteiger partial charge in [-0.05, 0) is 56.7 Å². The zero-order valence-electron chi connectivity index (χ0n) is 26.0. The number of phenolic OH excluding ortho intramolecular Hbond substituents is 1. The van der Waals surface area contributed by atoms with Gasteiger partial charge in [-0.25, -0.2) is 13.8 Å². The Kier molecular flexibility index (Phi) is 8.33. The summed E-state index contributed by atoms with van der Waals surface area (Å²) in [6.45, 7) is 5.05. The van der Waals surface area contributed by atoms with E-state index in [2.05, 4.69) is 15.6 Å². The molecule has 0 spiro atoms. The minimum atomic E-state index is -4.86. The smallest absolute Gasteiger partial charge is 0.417 e. The first-order valence-corrected chi connectivity index (χ1v) is 14.9. The van der Waals surface area contributed by atoms with Crippen molar-refractivity contribution in [1.29, 1.82) is 0 Å².